The molecule has 156 valence electrons. The Morgan fingerprint density at radius 2 is 1.86 bits per heavy atom. The Labute approximate surface area is 170 Å². The van der Waals surface area contributed by atoms with Gasteiger partial charge in [0, 0.05) is 23.2 Å². The van der Waals surface area contributed by atoms with Gasteiger partial charge in [-0.1, -0.05) is 33.8 Å². The summed E-state index contributed by atoms with van der Waals surface area (Å²) in [6, 6.07) is 3.69. The average molecular weight is 399 g/mol. The second-order valence-electron chi connectivity index (χ2n) is 10.3. The Morgan fingerprint density at radius 1 is 1.14 bits per heavy atom. The monoisotopic (exact) mass is 399 g/mol. The second kappa shape index (κ2) is 5.61. The van der Waals surface area contributed by atoms with Crippen molar-refractivity contribution in [3.05, 3.63) is 28.8 Å². The van der Waals surface area contributed by atoms with Crippen LogP contribution in [-0.2, 0) is 11.2 Å². The van der Waals surface area contributed by atoms with E-state index < -0.39 is 23.3 Å². The summed E-state index contributed by atoms with van der Waals surface area (Å²) in [4.78, 5) is 25.1. The minimum absolute atomic E-state index is 0.0432. The van der Waals surface area contributed by atoms with E-state index in [0.717, 1.165) is 24.8 Å². The molecule has 2 fully saturated rings. The first-order valence-corrected chi connectivity index (χ1v) is 10.6. The molecule has 0 bridgehead atoms. The maximum atomic E-state index is 12.9. The van der Waals surface area contributed by atoms with Crippen molar-refractivity contribution in [2.75, 3.05) is 0 Å². The number of benzene rings is 1. The Balaban J connectivity index is 1.74. The normalized spacial score (nSPS) is 42.1. The average Bonchev–Trinajstić information content (AvgIpc) is 2.94. The molecule has 1 aromatic carbocycles. The highest BCUT2D eigenvalue weighted by Gasteiger charge is 2.69. The smallest absolute Gasteiger partial charge is 0.254 e. The maximum Gasteiger partial charge on any atom is 0.254 e. The molecule has 0 aromatic heterocycles. The summed E-state index contributed by atoms with van der Waals surface area (Å²) in [5.74, 6) is 0.439. The highest BCUT2D eigenvalue weighted by atomic mass is 16.5. The molecular formula is C23H29NO5. The van der Waals surface area contributed by atoms with Crippen molar-refractivity contribution in [3.8, 4) is 5.75 Å². The third kappa shape index (κ3) is 2.14. The van der Waals surface area contributed by atoms with Crippen LogP contribution >= 0.6 is 0 Å². The molecule has 29 heavy (non-hydrogen) atoms. The summed E-state index contributed by atoms with van der Waals surface area (Å²) in [6.45, 7) is 8.30. The SMILES string of the molecule is C[C@H]1CC[C@H]2C(C)(C)C(=O)C(O)C[C@]23Oc2c(ccc4c2C(O)NC4=O)C[C@]13C. The Morgan fingerprint density at radius 3 is 2.59 bits per heavy atom. The lowest BCUT2D eigenvalue weighted by atomic mass is 9.43. The first-order valence-electron chi connectivity index (χ1n) is 10.6. The van der Waals surface area contributed by atoms with Crippen LogP contribution in [0.1, 0.15) is 74.7 Å². The summed E-state index contributed by atoms with van der Waals surface area (Å²) in [5, 5.41) is 23.8. The zero-order valence-corrected chi connectivity index (χ0v) is 17.4. The van der Waals surface area contributed by atoms with Crippen LogP contribution in [0.3, 0.4) is 0 Å². The predicted octanol–water partition coefficient (Wildman–Crippen LogP) is 2.51. The number of aliphatic hydroxyl groups excluding tert-OH is 2. The third-order valence-corrected chi connectivity index (χ3v) is 8.72. The van der Waals surface area contributed by atoms with Crippen molar-refractivity contribution in [1.29, 1.82) is 0 Å². The first kappa shape index (κ1) is 19.1. The standard InChI is InChI=1S/C23H29NO5/c1-11-5-8-15-21(2,3)18(26)14(25)10-23(15)22(11,4)9-12-6-7-13-16(17(12)29-23)20(28)24-19(13)27/h6-7,11,14-15,20,25,28H,5,8-10H2,1-4H3,(H,24,27)/t11-,14?,15-,20?,22+,23-/m0/s1. The minimum Gasteiger partial charge on any atom is -0.485 e. The van der Waals surface area contributed by atoms with Gasteiger partial charge in [-0.2, -0.15) is 0 Å². The van der Waals surface area contributed by atoms with E-state index in [1.54, 1.807) is 6.07 Å². The highest BCUT2D eigenvalue weighted by molar-refractivity contribution is 6.00. The fraction of sp³-hybridized carbons (Fsp3) is 0.652. The molecule has 0 saturated heterocycles. The number of ketones is 1. The molecule has 2 unspecified atom stereocenters. The van der Waals surface area contributed by atoms with Crippen LogP contribution in [0.5, 0.6) is 5.75 Å². The van der Waals surface area contributed by atoms with Gasteiger partial charge in [0.25, 0.3) is 5.91 Å². The number of ether oxygens (including phenoxy) is 1. The van der Waals surface area contributed by atoms with Gasteiger partial charge in [-0.25, -0.2) is 0 Å². The number of nitrogens with one attached hydrogen (secondary N) is 1. The van der Waals surface area contributed by atoms with Gasteiger partial charge in [-0.15, -0.1) is 0 Å². The van der Waals surface area contributed by atoms with Crippen LogP contribution in [-0.4, -0.2) is 33.6 Å². The van der Waals surface area contributed by atoms with E-state index in [2.05, 4.69) is 19.2 Å². The van der Waals surface area contributed by atoms with Crippen molar-refractivity contribution in [1.82, 2.24) is 5.32 Å². The van der Waals surface area contributed by atoms with Crippen LogP contribution in [0.15, 0.2) is 12.1 Å². The quantitative estimate of drug-likeness (QED) is 0.623. The molecule has 1 amide bonds. The molecule has 2 aliphatic carbocycles. The first-order chi connectivity index (χ1) is 13.5. The van der Waals surface area contributed by atoms with E-state index in [1.165, 1.54) is 0 Å². The summed E-state index contributed by atoms with van der Waals surface area (Å²) in [5.41, 5.74) is 0.199. The van der Waals surface area contributed by atoms with Gasteiger partial charge in [0.05, 0.1) is 11.1 Å². The number of carbonyl (C=O) groups is 2. The van der Waals surface area contributed by atoms with Gasteiger partial charge < -0.3 is 20.3 Å². The van der Waals surface area contributed by atoms with Crippen LogP contribution in [0.25, 0.3) is 0 Å². The number of amides is 1. The second-order valence-corrected chi connectivity index (χ2v) is 10.3. The van der Waals surface area contributed by atoms with Crippen molar-refractivity contribution in [2.45, 2.75) is 71.3 Å². The molecule has 6 heteroatoms. The number of Topliss-reactive ketones (excluding diaryl/α,β-unsaturated/α-hetero) is 1. The Hall–Kier alpha value is -1.92. The number of hydrogen-bond acceptors (Lipinski definition) is 5. The van der Waals surface area contributed by atoms with E-state index in [-0.39, 0.29) is 29.4 Å². The molecule has 4 aliphatic rings. The minimum atomic E-state index is -1.10. The molecule has 1 spiro atoms. The molecule has 2 saturated carbocycles. The molecule has 2 heterocycles. The Bertz CT molecular complexity index is 939. The molecule has 6 nitrogen and oxygen atoms in total. The van der Waals surface area contributed by atoms with E-state index in [4.69, 9.17) is 4.74 Å². The maximum absolute atomic E-state index is 12.9. The number of fused-ring (bicyclic) bond motifs is 3. The molecule has 3 N–H and O–H groups in total. The zero-order chi connectivity index (χ0) is 20.9. The van der Waals surface area contributed by atoms with Gasteiger partial charge in [-0.3, -0.25) is 9.59 Å². The van der Waals surface area contributed by atoms with Crippen molar-refractivity contribution in [3.63, 3.8) is 0 Å². The van der Waals surface area contributed by atoms with Crippen LogP contribution < -0.4 is 10.1 Å². The van der Waals surface area contributed by atoms with Gasteiger partial charge in [0.15, 0.2) is 12.0 Å². The molecule has 0 radical (unpaired) electrons. The lowest BCUT2D eigenvalue weighted by Crippen LogP contribution is -2.72. The van der Waals surface area contributed by atoms with Crippen molar-refractivity contribution < 1.29 is 24.5 Å². The fourth-order valence-corrected chi connectivity index (χ4v) is 6.86. The predicted molar refractivity (Wildman–Crippen MR) is 105 cm³/mol. The highest BCUT2D eigenvalue weighted by Crippen LogP contribution is 2.65. The van der Waals surface area contributed by atoms with Crippen LogP contribution in [0, 0.1) is 22.7 Å². The lowest BCUT2D eigenvalue weighted by molar-refractivity contribution is -0.224. The molecular weight excluding hydrogens is 370 g/mol. The van der Waals surface area contributed by atoms with E-state index in [1.807, 2.05) is 19.9 Å². The van der Waals surface area contributed by atoms with Crippen molar-refractivity contribution in [2.24, 2.45) is 22.7 Å². The summed E-state index contributed by atoms with van der Waals surface area (Å²) in [6.07, 6.45) is 0.658. The largest absolute Gasteiger partial charge is 0.485 e. The van der Waals surface area contributed by atoms with Crippen molar-refractivity contribution >= 4 is 11.7 Å². The molecule has 6 atom stereocenters. The Kier molecular flexibility index (Phi) is 3.69. The lowest BCUT2D eigenvalue weighted by Gasteiger charge is -2.66. The summed E-state index contributed by atoms with van der Waals surface area (Å²) >= 11 is 0. The number of aliphatic hydroxyl groups is 2. The molecule has 2 aliphatic heterocycles. The molecule has 5 rings (SSSR count). The van der Waals surface area contributed by atoms with E-state index in [0.29, 0.717) is 22.8 Å². The number of hydrogen-bond donors (Lipinski definition) is 3. The number of rotatable bonds is 0. The van der Waals surface area contributed by atoms with E-state index >= 15 is 0 Å². The zero-order valence-electron chi connectivity index (χ0n) is 17.4. The molecule has 1 aromatic rings. The van der Waals surface area contributed by atoms with E-state index in [9.17, 15) is 19.8 Å². The topological polar surface area (TPSA) is 95.9 Å². The van der Waals surface area contributed by atoms with Gasteiger partial charge >= 0.3 is 0 Å². The van der Waals surface area contributed by atoms with Crippen LogP contribution in [0.4, 0.5) is 0 Å². The summed E-state index contributed by atoms with van der Waals surface area (Å²) in [7, 11) is 0. The third-order valence-electron chi connectivity index (χ3n) is 8.72. The fourth-order valence-electron chi connectivity index (χ4n) is 6.86. The van der Waals surface area contributed by atoms with Gasteiger partial charge in [-0.05, 0) is 36.8 Å². The van der Waals surface area contributed by atoms with Crippen LogP contribution in [0.2, 0.25) is 0 Å². The van der Waals surface area contributed by atoms with Gasteiger partial charge in [0.2, 0.25) is 0 Å². The number of carbonyl (C=O) groups excluding carboxylic acids is 2. The van der Waals surface area contributed by atoms with Gasteiger partial charge in [0.1, 0.15) is 17.5 Å². The summed E-state index contributed by atoms with van der Waals surface area (Å²) < 4.78 is 6.85.